The zero-order valence-electron chi connectivity index (χ0n) is 9.81. The van der Waals surface area contributed by atoms with Crippen molar-refractivity contribution in [2.45, 2.75) is 19.8 Å². The lowest BCUT2D eigenvalue weighted by atomic mass is 10.1. The molecular formula is C13H12ClNO2S. The first-order valence-electron chi connectivity index (χ1n) is 5.60. The topological polar surface area (TPSA) is 50.2 Å². The van der Waals surface area contributed by atoms with Crippen molar-refractivity contribution in [1.29, 1.82) is 0 Å². The zero-order chi connectivity index (χ0) is 13.1. The normalized spacial score (nSPS) is 10.6. The van der Waals surface area contributed by atoms with Gasteiger partial charge in [0.25, 0.3) is 0 Å². The van der Waals surface area contributed by atoms with Crippen LogP contribution >= 0.6 is 22.9 Å². The fourth-order valence-electron chi connectivity index (χ4n) is 1.71. The molecule has 0 bridgehead atoms. The van der Waals surface area contributed by atoms with Crippen LogP contribution in [0, 0.1) is 0 Å². The van der Waals surface area contributed by atoms with Crippen molar-refractivity contribution in [3.05, 3.63) is 39.9 Å². The number of aromatic nitrogens is 1. The van der Waals surface area contributed by atoms with E-state index in [9.17, 15) is 4.79 Å². The van der Waals surface area contributed by atoms with Crippen molar-refractivity contribution in [3.8, 4) is 10.6 Å². The molecule has 0 aliphatic rings. The summed E-state index contributed by atoms with van der Waals surface area (Å²) in [5.74, 6) is -0.929. The molecule has 0 spiro atoms. The summed E-state index contributed by atoms with van der Waals surface area (Å²) in [6.07, 6.45) is 1.52. The number of aromatic carboxylic acids is 1. The number of carbonyl (C=O) groups is 1. The molecule has 94 valence electrons. The Morgan fingerprint density at radius 2 is 2.17 bits per heavy atom. The molecule has 2 aromatic rings. The summed E-state index contributed by atoms with van der Waals surface area (Å²) in [5, 5.41) is 9.10. The van der Waals surface area contributed by atoms with Gasteiger partial charge in [-0.25, -0.2) is 4.79 Å². The van der Waals surface area contributed by atoms with Crippen LogP contribution in [0.2, 0.25) is 4.34 Å². The number of rotatable bonds is 4. The zero-order valence-corrected chi connectivity index (χ0v) is 11.4. The third-order valence-electron chi connectivity index (χ3n) is 2.52. The Bertz CT molecular complexity index is 580. The number of halogens is 1. The summed E-state index contributed by atoms with van der Waals surface area (Å²) < 4.78 is 0.700. The quantitative estimate of drug-likeness (QED) is 0.917. The highest BCUT2D eigenvalue weighted by Crippen LogP contribution is 2.30. The van der Waals surface area contributed by atoms with E-state index in [4.69, 9.17) is 16.7 Å². The number of thiophene rings is 1. The minimum absolute atomic E-state index is 0.281. The molecule has 2 heterocycles. The van der Waals surface area contributed by atoms with Gasteiger partial charge in [-0.05, 0) is 30.7 Å². The Hall–Kier alpha value is -1.39. The molecule has 0 unspecified atom stereocenters. The standard InChI is InChI=1S/C13H12ClNO2S/c1-2-3-9-8(13(16)17)4-5-10(15-9)11-6-7-12(14)18-11/h4-7H,2-3H2,1H3,(H,16,17). The predicted octanol–water partition coefficient (Wildman–Crippen LogP) is 4.11. The van der Waals surface area contributed by atoms with Crippen LogP contribution in [0.4, 0.5) is 0 Å². The van der Waals surface area contributed by atoms with Gasteiger partial charge in [0.05, 0.1) is 26.2 Å². The van der Waals surface area contributed by atoms with Gasteiger partial charge in [-0.2, -0.15) is 0 Å². The van der Waals surface area contributed by atoms with E-state index in [1.54, 1.807) is 12.1 Å². The lowest BCUT2D eigenvalue weighted by Crippen LogP contribution is -2.05. The van der Waals surface area contributed by atoms with E-state index in [0.29, 0.717) is 16.5 Å². The molecule has 0 aliphatic heterocycles. The van der Waals surface area contributed by atoms with E-state index in [1.807, 2.05) is 19.1 Å². The van der Waals surface area contributed by atoms with E-state index < -0.39 is 5.97 Å². The highest BCUT2D eigenvalue weighted by Gasteiger charge is 2.13. The van der Waals surface area contributed by atoms with E-state index in [1.165, 1.54) is 11.3 Å². The average molecular weight is 282 g/mol. The highest BCUT2D eigenvalue weighted by atomic mass is 35.5. The van der Waals surface area contributed by atoms with Crippen LogP contribution in [-0.2, 0) is 6.42 Å². The minimum atomic E-state index is -0.929. The largest absolute Gasteiger partial charge is 0.478 e. The van der Waals surface area contributed by atoms with Crippen molar-refractivity contribution >= 4 is 28.9 Å². The number of nitrogens with zero attached hydrogens (tertiary/aromatic N) is 1. The van der Waals surface area contributed by atoms with Crippen LogP contribution in [0.3, 0.4) is 0 Å². The van der Waals surface area contributed by atoms with Crippen molar-refractivity contribution < 1.29 is 9.90 Å². The van der Waals surface area contributed by atoms with Gasteiger partial charge in [0, 0.05) is 0 Å². The summed E-state index contributed by atoms with van der Waals surface area (Å²) in [6.45, 7) is 2.00. The fourth-order valence-corrected chi connectivity index (χ4v) is 2.73. The molecule has 0 fully saturated rings. The summed E-state index contributed by atoms with van der Waals surface area (Å²) >= 11 is 7.33. The number of hydrogen-bond acceptors (Lipinski definition) is 3. The summed E-state index contributed by atoms with van der Waals surface area (Å²) in [6, 6.07) is 7.05. The van der Waals surface area contributed by atoms with E-state index >= 15 is 0 Å². The maximum atomic E-state index is 11.1. The van der Waals surface area contributed by atoms with E-state index in [0.717, 1.165) is 17.0 Å². The van der Waals surface area contributed by atoms with Gasteiger partial charge >= 0.3 is 5.97 Å². The lowest BCUT2D eigenvalue weighted by Gasteiger charge is -2.06. The molecule has 0 aromatic carbocycles. The lowest BCUT2D eigenvalue weighted by molar-refractivity contribution is 0.0695. The summed E-state index contributed by atoms with van der Waals surface area (Å²) in [7, 11) is 0. The van der Waals surface area contributed by atoms with Crippen LogP contribution in [0.15, 0.2) is 24.3 Å². The van der Waals surface area contributed by atoms with Crippen LogP contribution in [0.1, 0.15) is 29.4 Å². The number of carboxylic acids is 1. The monoisotopic (exact) mass is 281 g/mol. The van der Waals surface area contributed by atoms with Crippen molar-refractivity contribution in [1.82, 2.24) is 4.98 Å². The smallest absolute Gasteiger partial charge is 0.337 e. The van der Waals surface area contributed by atoms with Crippen molar-refractivity contribution in [2.75, 3.05) is 0 Å². The molecular weight excluding hydrogens is 270 g/mol. The molecule has 18 heavy (non-hydrogen) atoms. The van der Waals surface area contributed by atoms with E-state index in [2.05, 4.69) is 4.98 Å². The number of carboxylic acid groups (broad SMARTS) is 1. The van der Waals surface area contributed by atoms with Crippen LogP contribution < -0.4 is 0 Å². The first kappa shape index (κ1) is 13.1. The Kier molecular flexibility index (Phi) is 3.99. The molecule has 2 rings (SSSR count). The Labute approximate surface area is 114 Å². The van der Waals surface area contributed by atoms with Gasteiger partial charge < -0.3 is 5.11 Å². The minimum Gasteiger partial charge on any atom is -0.478 e. The summed E-state index contributed by atoms with van der Waals surface area (Å²) in [5.41, 5.74) is 1.69. The van der Waals surface area contributed by atoms with Gasteiger partial charge in [-0.1, -0.05) is 24.9 Å². The van der Waals surface area contributed by atoms with Crippen LogP contribution in [0.5, 0.6) is 0 Å². The molecule has 0 saturated carbocycles. The van der Waals surface area contributed by atoms with Crippen molar-refractivity contribution in [2.24, 2.45) is 0 Å². The maximum absolute atomic E-state index is 11.1. The molecule has 5 heteroatoms. The Balaban J connectivity index is 2.45. The second-order valence-electron chi connectivity index (χ2n) is 3.85. The number of aryl methyl sites for hydroxylation is 1. The molecule has 2 aromatic heterocycles. The molecule has 0 atom stereocenters. The van der Waals surface area contributed by atoms with Crippen LogP contribution in [0.25, 0.3) is 10.6 Å². The van der Waals surface area contributed by atoms with Gasteiger partial charge in [-0.3, -0.25) is 4.98 Å². The number of pyridine rings is 1. The molecule has 1 N–H and O–H groups in total. The third-order valence-corrected chi connectivity index (χ3v) is 3.77. The molecule has 0 radical (unpaired) electrons. The molecule has 0 aliphatic carbocycles. The second-order valence-corrected chi connectivity index (χ2v) is 5.56. The molecule has 0 saturated heterocycles. The van der Waals surface area contributed by atoms with Crippen molar-refractivity contribution in [3.63, 3.8) is 0 Å². The van der Waals surface area contributed by atoms with Gasteiger partial charge in [-0.15, -0.1) is 11.3 Å². The maximum Gasteiger partial charge on any atom is 0.337 e. The van der Waals surface area contributed by atoms with Gasteiger partial charge in [0.1, 0.15) is 0 Å². The number of hydrogen-bond donors (Lipinski definition) is 1. The highest BCUT2D eigenvalue weighted by molar-refractivity contribution is 7.19. The predicted molar refractivity (Wildman–Crippen MR) is 73.5 cm³/mol. The van der Waals surface area contributed by atoms with Gasteiger partial charge in [0.15, 0.2) is 0 Å². The Morgan fingerprint density at radius 1 is 1.39 bits per heavy atom. The fraction of sp³-hybridized carbons (Fsp3) is 0.231. The first-order chi connectivity index (χ1) is 8.61. The SMILES string of the molecule is CCCc1nc(-c2ccc(Cl)s2)ccc1C(=O)O. The van der Waals surface area contributed by atoms with Gasteiger partial charge in [0.2, 0.25) is 0 Å². The molecule has 3 nitrogen and oxygen atoms in total. The third kappa shape index (κ3) is 2.71. The first-order valence-corrected chi connectivity index (χ1v) is 6.80. The summed E-state index contributed by atoms with van der Waals surface area (Å²) in [4.78, 5) is 16.5. The average Bonchev–Trinajstić information content (AvgIpc) is 2.76. The Morgan fingerprint density at radius 3 is 2.72 bits per heavy atom. The molecule has 0 amide bonds. The second kappa shape index (κ2) is 5.50. The van der Waals surface area contributed by atoms with Crippen LogP contribution in [-0.4, -0.2) is 16.1 Å². The van der Waals surface area contributed by atoms with E-state index in [-0.39, 0.29) is 5.56 Å².